The van der Waals surface area contributed by atoms with Crippen molar-refractivity contribution < 1.29 is 27.6 Å². The van der Waals surface area contributed by atoms with E-state index in [0.29, 0.717) is 41.6 Å². The number of pyridine rings is 1. The van der Waals surface area contributed by atoms with Crippen LogP contribution in [-0.2, 0) is 33.5 Å². The smallest absolute Gasteiger partial charge is 0.355 e. The van der Waals surface area contributed by atoms with Gasteiger partial charge in [-0.1, -0.05) is 25.5 Å². The maximum atomic E-state index is 14.3. The molecule has 1 saturated carbocycles. The first-order chi connectivity index (χ1) is 24.8. The Balaban J connectivity index is 1.33. The van der Waals surface area contributed by atoms with E-state index in [4.69, 9.17) is 0 Å². The number of piperidine rings is 1. The number of rotatable bonds is 12. The summed E-state index contributed by atoms with van der Waals surface area (Å²) in [5, 5.41) is 20.6. The van der Waals surface area contributed by atoms with E-state index in [9.17, 15) is 32.8 Å². The van der Waals surface area contributed by atoms with Crippen LogP contribution in [0.25, 0.3) is 22.0 Å². The average Bonchev–Trinajstić information content (AvgIpc) is 3.53. The lowest BCUT2D eigenvalue weighted by Gasteiger charge is -2.27. The van der Waals surface area contributed by atoms with E-state index >= 15 is 0 Å². The molecule has 2 fully saturated rings. The minimum atomic E-state index is -4.72. The SMILES string of the molecule is C=CCc1cc(-c2cnc(C)nc2)cc2c(C#N)nn(CC(=O)N3[C@H](C(=O)Nc4nc(C(F)(F)F)ccc4C)C[C@@]4(CNC(=O)CCCC)C[C@@H]34)c12. The summed E-state index contributed by atoms with van der Waals surface area (Å²) >= 11 is 0. The number of benzene rings is 1. The maximum Gasteiger partial charge on any atom is 0.433 e. The van der Waals surface area contributed by atoms with Gasteiger partial charge in [0.2, 0.25) is 17.7 Å². The largest absolute Gasteiger partial charge is 0.433 e. The van der Waals surface area contributed by atoms with Crippen molar-refractivity contribution in [1.82, 2.24) is 34.9 Å². The molecule has 0 unspecified atom stereocenters. The number of carbonyl (C=O) groups is 3. The van der Waals surface area contributed by atoms with Crippen molar-refractivity contribution in [3.8, 4) is 17.2 Å². The van der Waals surface area contributed by atoms with Crippen molar-refractivity contribution in [3.63, 3.8) is 0 Å². The number of allylic oxidation sites excluding steroid dienone is 1. The van der Waals surface area contributed by atoms with E-state index in [0.717, 1.165) is 35.6 Å². The number of aryl methyl sites for hydroxylation is 2. The molecule has 0 radical (unpaired) electrons. The summed E-state index contributed by atoms with van der Waals surface area (Å²) < 4.78 is 41.9. The summed E-state index contributed by atoms with van der Waals surface area (Å²) in [7, 11) is 0. The Morgan fingerprint density at radius 3 is 2.56 bits per heavy atom. The second kappa shape index (κ2) is 14.2. The van der Waals surface area contributed by atoms with Gasteiger partial charge in [0.15, 0.2) is 5.69 Å². The van der Waals surface area contributed by atoms with E-state index in [1.165, 1.54) is 22.6 Å². The second-order valence-corrected chi connectivity index (χ2v) is 13.5. The number of hydrogen-bond acceptors (Lipinski definition) is 8. The van der Waals surface area contributed by atoms with Gasteiger partial charge in [-0.05, 0) is 74.4 Å². The minimum absolute atomic E-state index is 0.0976. The van der Waals surface area contributed by atoms with Crippen LogP contribution in [0.15, 0.2) is 49.3 Å². The van der Waals surface area contributed by atoms with Crippen molar-refractivity contribution in [2.24, 2.45) is 5.41 Å². The van der Waals surface area contributed by atoms with Gasteiger partial charge in [-0.2, -0.15) is 23.5 Å². The van der Waals surface area contributed by atoms with Crippen LogP contribution in [0.4, 0.5) is 19.0 Å². The summed E-state index contributed by atoms with van der Waals surface area (Å²) in [6.07, 6.45) is 3.38. The number of likely N-dealkylation sites (tertiary alicyclic amines) is 1. The van der Waals surface area contributed by atoms with Gasteiger partial charge in [-0.25, -0.2) is 15.0 Å². The van der Waals surface area contributed by atoms with E-state index in [1.54, 1.807) is 31.5 Å². The summed E-state index contributed by atoms with van der Waals surface area (Å²) in [6, 6.07) is 6.42. The Labute approximate surface area is 298 Å². The molecule has 4 heterocycles. The van der Waals surface area contributed by atoms with Crippen molar-refractivity contribution in [2.45, 2.75) is 84.1 Å². The Morgan fingerprint density at radius 1 is 1.13 bits per heavy atom. The van der Waals surface area contributed by atoms with Crippen molar-refractivity contribution in [2.75, 3.05) is 11.9 Å². The third-order valence-corrected chi connectivity index (χ3v) is 9.82. The monoisotopic (exact) mass is 713 g/mol. The predicted octanol–water partition coefficient (Wildman–Crippen LogP) is 5.43. The zero-order valence-electron chi connectivity index (χ0n) is 29.0. The van der Waals surface area contributed by atoms with Gasteiger partial charge < -0.3 is 15.5 Å². The molecular weight excluding hydrogens is 675 g/mol. The van der Waals surface area contributed by atoms with E-state index in [-0.39, 0.29) is 36.9 Å². The molecule has 1 aliphatic carbocycles. The van der Waals surface area contributed by atoms with Gasteiger partial charge in [0, 0.05) is 47.8 Å². The summed E-state index contributed by atoms with van der Waals surface area (Å²) in [6.45, 7) is 9.08. The fraction of sp³-hybridized carbons (Fsp3) is 0.405. The number of nitriles is 1. The molecule has 1 aromatic carbocycles. The fourth-order valence-corrected chi connectivity index (χ4v) is 7.01. The van der Waals surface area contributed by atoms with Gasteiger partial charge in [-0.15, -0.1) is 6.58 Å². The van der Waals surface area contributed by atoms with Gasteiger partial charge >= 0.3 is 6.18 Å². The van der Waals surface area contributed by atoms with E-state index < -0.39 is 41.2 Å². The first kappa shape index (κ1) is 36.2. The number of nitrogens with one attached hydrogen (secondary N) is 2. The van der Waals surface area contributed by atoms with Crippen LogP contribution in [0.1, 0.15) is 67.4 Å². The van der Waals surface area contributed by atoms with Gasteiger partial charge in [0.05, 0.1) is 5.52 Å². The molecule has 12 nitrogen and oxygen atoms in total. The molecule has 15 heteroatoms. The summed E-state index contributed by atoms with van der Waals surface area (Å²) in [4.78, 5) is 54.4. The number of halogens is 3. The standard InChI is InChI=1S/C37H38F3N9O3/c1-5-7-9-31(50)44-20-36-14-28(35(52)46-34-21(3)10-11-29(45-34)37(38,39)40)49(30(36)15-36)32(51)19-48-33-23(8-6-2)12-24(13-26(33)27(16-41)47-48)25-17-42-22(4)43-18-25/h6,10-13,17-18,28,30H,2,5,7-9,14-15,19-20H2,1,3-4H3,(H,44,50)(H,45,46,52)/t28-,30+,36-/m0/s1. The van der Waals surface area contributed by atoms with Crippen LogP contribution in [0.2, 0.25) is 0 Å². The first-order valence-electron chi connectivity index (χ1n) is 17.1. The number of anilines is 1. The highest BCUT2D eigenvalue weighted by Gasteiger charge is 2.67. The Bertz CT molecular complexity index is 2110. The average molecular weight is 714 g/mol. The zero-order valence-corrected chi connectivity index (χ0v) is 29.0. The lowest BCUT2D eigenvalue weighted by atomic mass is 9.98. The molecule has 6 rings (SSSR count). The summed E-state index contributed by atoms with van der Waals surface area (Å²) in [5.41, 5.74) is 1.46. The van der Waals surface area contributed by atoms with Crippen molar-refractivity contribution >= 4 is 34.4 Å². The second-order valence-electron chi connectivity index (χ2n) is 13.5. The van der Waals surface area contributed by atoms with Crippen LogP contribution >= 0.6 is 0 Å². The van der Waals surface area contributed by atoms with E-state index in [2.05, 4.69) is 43.3 Å². The van der Waals surface area contributed by atoms with Gasteiger partial charge in [0.1, 0.15) is 36.0 Å². The number of hydrogen-bond donors (Lipinski definition) is 2. The molecule has 3 atom stereocenters. The number of fused-ring (bicyclic) bond motifs is 2. The van der Waals surface area contributed by atoms with Crippen molar-refractivity contribution in [1.29, 1.82) is 5.26 Å². The maximum absolute atomic E-state index is 14.3. The highest BCUT2D eigenvalue weighted by atomic mass is 19.4. The molecule has 52 heavy (non-hydrogen) atoms. The van der Waals surface area contributed by atoms with Crippen LogP contribution < -0.4 is 10.6 Å². The number of amides is 3. The van der Waals surface area contributed by atoms with Crippen molar-refractivity contribution in [3.05, 3.63) is 77.7 Å². The highest BCUT2D eigenvalue weighted by Crippen LogP contribution is 2.59. The topological polar surface area (TPSA) is 159 Å². The quantitative estimate of drug-likeness (QED) is 0.184. The van der Waals surface area contributed by atoms with Crippen LogP contribution in [0, 0.1) is 30.6 Å². The minimum Gasteiger partial charge on any atom is -0.355 e. The zero-order chi connectivity index (χ0) is 37.4. The molecule has 2 aliphatic rings. The molecule has 2 N–H and O–H groups in total. The molecule has 3 aromatic heterocycles. The van der Waals surface area contributed by atoms with E-state index in [1.807, 2.05) is 13.0 Å². The van der Waals surface area contributed by atoms with Crippen LogP contribution in [0.5, 0.6) is 0 Å². The number of aromatic nitrogens is 5. The molecular formula is C37H38F3N9O3. The lowest BCUT2D eigenvalue weighted by Crippen LogP contribution is -2.47. The Hall–Kier alpha value is -5.65. The number of unbranched alkanes of at least 4 members (excludes halogenated alkanes) is 1. The Morgan fingerprint density at radius 2 is 1.88 bits per heavy atom. The lowest BCUT2D eigenvalue weighted by molar-refractivity contribution is -0.141. The van der Waals surface area contributed by atoms with Gasteiger partial charge in [-0.3, -0.25) is 19.1 Å². The normalized spacial score (nSPS) is 19.2. The number of nitrogens with zero attached hydrogens (tertiary/aromatic N) is 7. The van der Waals surface area contributed by atoms with Gasteiger partial charge in [0.25, 0.3) is 0 Å². The fourth-order valence-electron chi connectivity index (χ4n) is 7.01. The Kier molecular flexibility index (Phi) is 9.85. The van der Waals surface area contributed by atoms with Crippen LogP contribution in [0.3, 0.4) is 0 Å². The molecule has 1 saturated heterocycles. The van der Waals surface area contributed by atoms with Crippen LogP contribution in [-0.4, -0.2) is 66.0 Å². The molecule has 3 amide bonds. The molecule has 0 spiro atoms. The number of alkyl halides is 3. The summed E-state index contributed by atoms with van der Waals surface area (Å²) in [5.74, 6) is -0.934. The third kappa shape index (κ3) is 7.10. The molecule has 0 bridgehead atoms. The predicted molar refractivity (Wildman–Crippen MR) is 185 cm³/mol. The molecule has 1 aliphatic heterocycles. The first-order valence-corrected chi connectivity index (χ1v) is 17.1. The third-order valence-electron chi connectivity index (χ3n) is 9.82. The molecule has 4 aromatic rings. The number of carbonyl (C=O) groups excluding carboxylic acids is 3. The molecule has 270 valence electrons. The highest BCUT2D eigenvalue weighted by molar-refractivity contribution is 5.98.